The fourth-order valence-electron chi connectivity index (χ4n) is 2.11. The molecule has 0 amide bonds. The molecule has 1 aliphatic heterocycles. The fraction of sp³-hybridized carbons (Fsp3) is 1.00. The molecule has 3 nitrogen and oxygen atoms in total. The van der Waals surface area contributed by atoms with Crippen LogP contribution in [-0.2, 0) is 9.84 Å². The standard InChI is InChI=1S/C10H21NO2S2/c1-3-14-6-4-10(11-2)9-5-7-15(12,13)8-9/h9-11H,3-8H2,1-2H3. The number of sulfone groups is 1. The van der Waals surface area contributed by atoms with Crippen LogP contribution in [0.15, 0.2) is 0 Å². The monoisotopic (exact) mass is 251 g/mol. The molecule has 1 fully saturated rings. The van der Waals surface area contributed by atoms with Crippen LogP contribution < -0.4 is 5.32 Å². The first-order chi connectivity index (χ1) is 7.09. The zero-order valence-electron chi connectivity index (χ0n) is 9.53. The van der Waals surface area contributed by atoms with Gasteiger partial charge in [-0.3, -0.25) is 0 Å². The lowest BCUT2D eigenvalue weighted by atomic mass is 9.97. The minimum Gasteiger partial charge on any atom is -0.317 e. The second kappa shape index (κ2) is 6.11. The molecule has 0 spiro atoms. The lowest BCUT2D eigenvalue weighted by Gasteiger charge is -2.21. The number of thioether (sulfide) groups is 1. The van der Waals surface area contributed by atoms with Crippen molar-refractivity contribution in [1.29, 1.82) is 0 Å². The minimum absolute atomic E-state index is 0.331. The molecule has 0 radical (unpaired) electrons. The molecular formula is C10H21NO2S2. The van der Waals surface area contributed by atoms with E-state index in [-0.39, 0.29) is 0 Å². The van der Waals surface area contributed by atoms with Gasteiger partial charge in [0, 0.05) is 6.04 Å². The quantitative estimate of drug-likeness (QED) is 0.720. The molecule has 1 heterocycles. The van der Waals surface area contributed by atoms with Gasteiger partial charge >= 0.3 is 0 Å². The van der Waals surface area contributed by atoms with Gasteiger partial charge < -0.3 is 5.32 Å². The third-order valence-electron chi connectivity index (χ3n) is 2.98. The van der Waals surface area contributed by atoms with Gasteiger partial charge in [-0.1, -0.05) is 6.92 Å². The Kier molecular flexibility index (Phi) is 5.43. The maximum Gasteiger partial charge on any atom is 0.150 e. The molecule has 0 aromatic heterocycles. The van der Waals surface area contributed by atoms with Crippen molar-refractivity contribution in [2.24, 2.45) is 5.92 Å². The van der Waals surface area contributed by atoms with Crippen molar-refractivity contribution in [3.8, 4) is 0 Å². The molecule has 1 N–H and O–H groups in total. The molecule has 2 unspecified atom stereocenters. The summed E-state index contributed by atoms with van der Waals surface area (Å²) in [6, 6.07) is 0.376. The molecule has 0 aromatic carbocycles. The zero-order chi connectivity index (χ0) is 11.3. The van der Waals surface area contributed by atoms with Crippen LogP contribution in [0.2, 0.25) is 0 Å². The Morgan fingerprint density at radius 3 is 2.73 bits per heavy atom. The normalized spacial score (nSPS) is 26.7. The van der Waals surface area contributed by atoms with Crippen molar-refractivity contribution in [2.45, 2.75) is 25.8 Å². The molecule has 15 heavy (non-hydrogen) atoms. The van der Waals surface area contributed by atoms with Gasteiger partial charge in [-0.15, -0.1) is 0 Å². The molecule has 1 aliphatic rings. The van der Waals surface area contributed by atoms with E-state index in [0.717, 1.165) is 24.3 Å². The lowest BCUT2D eigenvalue weighted by molar-refractivity contribution is 0.397. The van der Waals surface area contributed by atoms with E-state index in [1.165, 1.54) is 0 Å². The van der Waals surface area contributed by atoms with Gasteiger partial charge in [-0.05, 0) is 37.3 Å². The number of hydrogen-bond acceptors (Lipinski definition) is 4. The third kappa shape index (κ3) is 4.33. The van der Waals surface area contributed by atoms with Gasteiger partial charge in [0.2, 0.25) is 0 Å². The van der Waals surface area contributed by atoms with Crippen LogP contribution in [0.4, 0.5) is 0 Å². The van der Waals surface area contributed by atoms with Crippen molar-refractivity contribution in [3.63, 3.8) is 0 Å². The summed E-state index contributed by atoms with van der Waals surface area (Å²) in [4.78, 5) is 0. The zero-order valence-corrected chi connectivity index (χ0v) is 11.2. The van der Waals surface area contributed by atoms with E-state index in [1.54, 1.807) is 0 Å². The minimum atomic E-state index is -2.73. The van der Waals surface area contributed by atoms with Crippen molar-refractivity contribution >= 4 is 21.6 Å². The average molecular weight is 251 g/mol. The van der Waals surface area contributed by atoms with Crippen molar-refractivity contribution in [2.75, 3.05) is 30.1 Å². The molecule has 0 aromatic rings. The van der Waals surface area contributed by atoms with Crippen LogP contribution in [0.1, 0.15) is 19.8 Å². The predicted octanol–water partition coefficient (Wildman–Crippen LogP) is 1.15. The summed E-state index contributed by atoms with van der Waals surface area (Å²) in [5.41, 5.74) is 0. The lowest BCUT2D eigenvalue weighted by Crippen LogP contribution is -2.34. The summed E-state index contributed by atoms with van der Waals surface area (Å²) in [6.45, 7) is 2.15. The van der Waals surface area contributed by atoms with Crippen LogP contribution in [0.25, 0.3) is 0 Å². The van der Waals surface area contributed by atoms with E-state index in [1.807, 2.05) is 18.8 Å². The molecule has 1 rings (SSSR count). The van der Waals surface area contributed by atoms with Crippen LogP contribution in [0.5, 0.6) is 0 Å². The van der Waals surface area contributed by atoms with E-state index in [2.05, 4.69) is 12.2 Å². The van der Waals surface area contributed by atoms with E-state index in [4.69, 9.17) is 0 Å². The Hall–Kier alpha value is 0.260. The highest BCUT2D eigenvalue weighted by atomic mass is 32.2. The summed E-state index contributed by atoms with van der Waals surface area (Å²) < 4.78 is 22.7. The van der Waals surface area contributed by atoms with E-state index in [0.29, 0.717) is 23.5 Å². The summed E-state index contributed by atoms with van der Waals surface area (Å²) in [5, 5.41) is 3.26. The number of rotatable bonds is 6. The first-order valence-corrected chi connectivity index (χ1v) is 8.52. The summed E-state index contributed by atoms with van der Waals surface area (Å²) >= 11 is 1.92. The smallest absolute Gasteiger partial charge is 0.150 e. The Morgan fingerprint density at radius 1 is 1.53 bits per heavy atom. The van der Waals surface area contributed by atoms with Gasteiger partial charge in [0.1, 0.15) is 0 Å². The molecule has 0 bridgehead atoms. The van der Waals surface area contributed by atoms with E-state index >= 15 is 0 Å². The van der Waals surface area contributed by atoms with E-state index in [9.17, 15) is 8.42 Å². The molecule has 90 valence electrons. The second-order valence-corrected chi connectivity index (χ2v) is 7.67. The largest absolute Gasteiger partial charge is 0.317 e. The van der Waals surface area contributed by atoms with Gasteiger partial charge in [0.05, 0.1) is 11.5 Å². The first kappa shape index (κ1) is 13.3. The summed E-state index contributed by atoms with van der Waals surface area (Å²) in [6.07, 6.45) is 1.92. The molecular weight excluding hydrogens is 230 g/mol. The topological polar surface area (TPSA) is 46.2 Å². The molecule has 1 saturated heterocycles. The molecule has 0 aliphatic carbocycles. The highest BCUT2D eigenvalue weighted by Crippen LogP contribution is 2.24. The Labute approximate surface area is 97.3 Å². The maximum absolute atomic E-state index is 11.4. The van der Waals surface area contributed by atoms with Gasteiger partial charge in [0.25, 0.3) is 0 Å². The van der Waals surface area contributed by atoms with Gasteiger partial charge in [-0.25, -0.2) is 8.42 Å². The highest BCUT2D eigenvalue weighted by Gasteiger charge is 2.32. The van der Waals surface area contributed by atoms with Gasteiger partial charge in [0.15, 0.2) is 9.84 Å². The Morgan fingerprint density at radius 2 is 2.27 bits per heavy atom. The summed E-state index contributed by atoms with van der Waals surface area (Å²) in [5.74, 6) is 3.36. The van der Waals surface area contributed by atoms with Crippen LogP contribution in [0.3, 0.4) is 0 Å². The van der Waals surface area contributed by atoms with Crippen molar-refractivity contribution in [3.05, 3.63) is 0 Å². The third-order valence-corrected chi connectivity index (χ3v) is 5.71. The number of nitrogens with one attached hydrogen (secondary N) is 1. The van der Waals surface area contributed by atoms with Crippen LogP contribution in [-0.4, -0.2) is 44.5 Å². The average Bonchev–Trinajstić information content (AvgIpc) is 2.54. The summed E-state index contributed by atoms with van der Waals surface area (Å²) in [7, 11) is -0.791. The predicted molar refractivity (Wildman–Crippen MR) is 67.2 cm³/mol. The maximum atomic E-state index is 11.4. The van der Waals surface area contributed by atoms with Crippen molar-refractivity contribution in [1.82, 2.24) is 5.32 Å². The first-order valence-electron chi connectivity index (χ1n) is 5.54. The van der Waals surface area contributed by atoms with Crippen LogP contribution in [0, 0.1) is 5.92 Å². The highest BCUT2D eigenvalue weighted by molar-refractivity contribution is 7.99. The van der Waals surface area contributed by atoms with E-state index < -0.39 is 9.84 Å². The Balaban J connectivity index is 2.39. The van der Waals surface area contributed by atoms with Crippen LogP contribution >= 0.6 is 11.8 Å². The Bertz CT molecular complexity index is 277. The fourth-order valence-corrected chi connectivity index (χ4v) is 4.70. The molecule has 2 atom stereocenters. The van der Waals surface area contributed by atoms with Crippen molar-refractivity contribution < 1.29 is 8.42 Å². The molecule has 0 saturated carbocycles. The van der Waals surface area contributed by atoms with Gasteiger partial charge in [-0.2, -0.15) is 11.8 Å². The second-order valence-electron chi connectivity index (χ2n) is 4.04. The number of hydrogen-bond donors (Lipinski definition) is 1. The SMILES string of the molecule is CCSCCC(NC)C1CCS(=O)(=O)C1. The molecule has 5 heteroatoms.